The first-order valence-corrected chi connectivity index (χ1v) is 6.18. The molecule has 1 aliphatic rings. The van der Waals surface area contributed by atoms with Gasteiger partial charge in [-0.05, 0) is 31.9 Å². The Morgan fingerprint density at radius 3 is 2.83 bits per heavy atom. The van der Waals surface area contributed by atoms with Gasteiger partial charge >= 0.3 is 0 Å². The molecule has 0 radical (unpaired) electrons. The fourth-order valence-corrected chi connectivity index (χ4v) is 2.10. The molecule has 5 heteroatoms. The minimum absolute atomic E-state index is 0.0115. The lowest BCUT2D eigenvalue weighted by Gasteiger charge is -2.35. The molecule has 2 heterocycles. The molecular formula is C13H19N3O2. The van der Waals surface area contributed by atoms with E-state index in [1.807, 2.05) is 6.92 Å². The number of aromatic nitrogens is 1. The van der Waals surface area contributed by atoms with Crippen molar-refractivity contribution < 1.29 is 9.90 Å². The van der Waals surface area contributed by atoms with E-state index in [1.54, 1.807) is 23.2 Å². The van der Waals surface area contributed by atoms with Crippen LogP contribution in [0.25, 0.3) is 0 Å². The first kappa shape index (κ1) is 13.0. The van der Waals surface area contributed by atoms with Crippen LogP contribution in [0.2, 0.25) is 0 Å². The topological polar surface area (TPSA) is 79.5 Å². The Labute approximate surface area is 107 Å². The Balaban J connectivity index is 2.07. The van der Waals surface area contributed by atoms with E-state index >= 15 is 0 Å². The van der Waals surface area contributed by atoms with Gasteiger partial charge in [-0.1, -0.05) is 0 Å². The normalized spacial score (nSPS) is 18.7. The summed E-state index contributed by atoms with van der Waals surface area (Å²) in [5, 5.41) is 9.86. The highest BCUT2D eigenvalue weighted by Crippen LogP contribution is 2.22. The SMILES string of the molecule is CC1(O)CCN(C(=O)c2ccnc(CN)c2)CC1. The van der Waals surface area contributed by atoms with Crippen LogP contribution in [0.4, 0.5) is 0 Å². The highest BCUT2D eigenvalue weighted by molar-refractivity contribution is 5.94. The van der Waals surface area contributed by atoms with Crippen molar-refractivity contribution in [3.8, 4) is 0 Å². The van der Waals surface area contributed by atoms with Gasteiger partial charge in [0, 0.05) is 31.4 Å². The second-order valence-electron chi connectivity index (χ2n) is 5.03. The lowest BCUT2D eigenvalue weighted by Crippen LogP contribution is -2.45. The molecule has 0 aromatic carbocycles. The number of pyridine rings is 1. The Hall–Kier alpha value is -1.46. The average Bonchev–Trinajstić information content (AvgIpc) is 2.38. The number of carbonyl (C=O) groups is 1. The molecule has 1 aliphatic heterocycles. The van der Waals surface area contributed by atoms with Crippen molar-refractivity contribution in [1.82, 2.24) is 9.88 Å². The molecule has 1 amide bonds. The number of nitrogens with zero attached hydrogens (tertiary/aromatic N) is 2. The van der Waals surface area contributed by atoms with Gasteiger partial charge in [-0.25, -0.2) is 0 Å². The number of aliphatic hydroxyl groups is 1. The van der Waals surface area contributed by atoms with Gasteiger partial charge in [-0.2, -0.15) is 0 Å². The first-order chi connectivity index (χ1) is 8.52. The number of carbonyl (C=O) groups excluding carboxylic acids is 1. The standard InChI is InChI=1S/C13H19N3O2/c1-13(18)3-6-16(7-4-13)12(17)10-2-5-15-11(8-10)9-14/h2,5,8,18H,3-4,6-7,9,14H2,1H3. The van der Waals surface area contributed by atoms with Gasteiger partial charge in [-0.3, -0.25) is 9.78 Å². The molecule has 0 saturated carbocycles. The molecule has 18 heavy (non-hydrogen) atoms. The lowest BCUT2D eigenvalue weighted by molar-refractivity contribution is -0.00203. The molecule has 0 unspecified atom stereocenters. The van der Waals surface area contributed by atoms with E-state index in [2.05, 4.69) is 4.98 Å². The Kier molecular flexibility index (Phi) is 3.63. The summed E-state index contributed by atoms with van der Waals surface area (Å²) in [7, 11) is 0. The van der Waals surface area contributed by atoms with Crippen LogP contribution < -0.4 is 5.73 Å². The number of rotatable bonds is 2. The van der Waals surface area contributed by atoms with Gasteiger partial charge in [0.25, 0.3) is 5.91 Å². The van der Waals surface area contributed by atoms with E-state index in [4.69, 9.17) is 5.73 Å². The first-order valence-electron chi connectivity index (χ1n) is 6.18. The molecule has 1 aromatic rings. The zero-order chi connectivity index (χ0) is 13.2. The third-order valence-electron chi connectivity index (χ3n) is 3.40. The number of hydrogen-bond acceptors (Lipinski definition) is 4. The second kappa shape index (κ2) is 5.04. The summed E-state index contributed by atoms with van der Waals surface area (Å²) in [6.45, 7) is 3.32. The van der Waals surface area contributed by atoms with Crippen LogP contribution in [0.15, 0.2) is 18.3 Å². The maximum atomic E-state index is 12.3. The summed E-state index contributed by atoms with van der Waals surface area (Å²) < 4.78 is 0. The molecule has 98 valence electrons. The van der Waals surface area contributed by atoms with Crippen LogP contribution >= 0.6 is 0 Å². The van der Waals surface area contributed by atoms with Crippen molar-refractivity contribution in [2.24, 2.45) is 5.73 Å². The van der Waals surface area contributed by atoms with E-state index in [1.165, 1.54) is 0 Å². The molecule has 1 aromatic heterocycles. The van der Waals surface area contributed by atoms with E-state index in [0.29, 0.717) is 43.7 Å². The number of likely N-dealkylation sites (tertiary alicyclic amines) is 1. The highest BCUT2D eigenvalue weighted by Gasteiger charge is 2.29. The van der Waals surface area contributed by atoms with Crippen LogP contribution in [0.5, 0.6) is 0 Å². The van der Waals surface area contributed by atoms with Crippen LogP contribution in [0.3, 0.4) is 0 Å². The summed E-state index contributed by atoms with van der Waals surface area (Å²) in [4.78, 5) is 18.1. The van der Waals surface area contributed by atoms with Gasteiger partial charge in [0.15, 0.2) is 0 Å². The van der Waals surface area contributed by atoms with Crippen LogP contribution in [0.1, 0.15) is 35.8 Å². The third-order valence-corrected chi connectivity index (χ3v) is 3.40. The summed E-state index contributed by atoms with van der Waals surface area (Å²) in [5.74, 6) is -0.0115. The van der Waals surface area contributed by atoms with E-state index < -0.39 is 5.60 Å². The molecule has 0 bridgehead atoms. The van der Waals surface area contributed by atoms with Gasteiger partial charge < -0.3 is 15.7 Å². The number of nitrogens with two attached hydrogens (primary N) is 1. The molecule has 1 saturated heterocycles. The number of piperidine rings is 1. The molecule has 3 N–H and O–H groups in total. The summed E-state index contributed by atoms with van der Waals surface area (Å²) >= 11 is 0. The predicted molar refractivity (Wildman–Crippen MR) is 67.9 cm³/mol. The van der Waals surface area contributed by atoms with Crippen molar-refractivity contribution in [3.05, 3.63) is 29.6 Å². The Morgan fingerprint density at radius 2 is 2.22 bits per heavy atom. The maximum Gasteiger partial charge on any atom is 0.253 e. The third kappa shape index (κ3) is 2.86. The summed E-state index contributed by atoms with van der Waals surface area (Å²) in [6, 6.07) is 3.43. The Bertz CT molecular complexity index is 436. The highest BCUT2D eigenvalue weighted by atomic mass is 16.3. The van der Waals surface area contributed by atoms with Gasteiger partial charge in [0.1, 0.15) is 0 Å². The zero-order valence-electron chi connectivity index (χ0n) is 10.6. The monoisotopic (exact) mass is 249 g/mol. The minimum Gasteiger partial charge on any atom is -0.390 e. The van der Waals surface area contributed by atoms with Gasteiger partial charge in [-0.15, -0.1) is 0 Å². The Morgan fingerprint density at radius 1 is 1.56 bits per heavy atom. The largest absolute Gasteiger partial charge is 0.390 e. The fourth-order valence-electron chi connectivity index (χ4n) is 2.10. The predicted octanol–water partition coefficient (Wildman–Crippen LogP) is 0.527. The second-order valence-corrected chi connectivity index (χ2v) is 5.03. The smallest absolute Gasteiger partial charge is 0.253 e. The number of amides is 1. The fraction of sp³-hybridized carbons (Fsp3) is 0.538. The molecule has 0 aliphatic carbocycles. The van der Waals surface area contributed by atoms with E-state index in [9.17, 15) is 9.90 Å². The maximum absolute atomic E-state index is 12.3. The van der Waals surface area contributed by atoms with Crippen LogP contribution in [0, 0.1) is 0 Å². The molecule has 1 fully saturated rings. The van der Waals surface area contributed by atoms with Gasteiger partial charge in [0.2, 0.25) is 0 Å². The van der Waals surface area contributed by atoms with Crippen LogP contribution in [-0.2, 0) is 6.54 Å². The molecule has 2 rings (SSSR count). The minimum atomic E-state index is -0.641. The van der Waals surface area contributed by atoms with Crippen molar-refractivity contribution in [3.63, 3.8) is 0 Å². The lowest BCUT2D eigenvalue weighted by atomic mass is 9.93. The average molecular weight is 249 g/mol. The van der Waals surface area contributed by atoms with Crippen molar-refractivity contribution in [2.75, 3.05) is 13.1 Å². The van der Waals surface area contributed by atoms with Crippen LogP contribution in [-0.4, -0.2) is 39.6 Å². The summed E-state index contributed by atoms with van der Waals surface area (Å²) in [6.07, 6.45) is 2.84. The molecule has 5 nitrogen and oxygen atoms in total. The van der Waals surface area contributed by atoms with E-state index in [-0.39, 0.29) is 5.91 Å². The van der Waals surface area contributed by atoms with Crippen molar-refractivity contribution in [2.45, 2.75) is 31.9 Å². The van der Waals surface area contributed by atoms with Gasteiger partial charge in [0.05, 0.1) is 11.3 Å². The van der Waals surface area contributed by atoms with Crippen molar-refractivity contribution >= 4 is 5.91 Å². The molecule has 0 spiro atoms. The van der Waals surface area contributed by atoms with E-state index in [0.717, 1.165) is 0 Å². The van der Waals surface area contributed by atoms with Crippen molar-refractivity contribution in [1.29, 1.82) is 0 Å². The quantitative estimate of drug-likeness (QED) is 0.801. The number of hydrogen-bond donors (Lipinski definition) is 2. The summed E-state index contributed by atoms with van der Waals surface area (Å²) in [5.41, 5.74) is 6.20. The zero-order valence-corrected chi connectivity index (χ0v) is 10.6. The molecular weight excluding hydrogens is 230 g/mol. The molecule has 0 atom stereocenters.